The highest BCUT2D eigenvalue weighted by Gasteiger charge is 2.62. The van der Waals surface area contributed by atoms with E-state index in [1.54, 1.807) is 0 Å². The Morgan fingerprint density at radius 1 is 0.164 bits per heavy atom. The van der Waals surface area contributed by atoms with Crippen LogP contribution in [0.3, 0.4) is 0 Å². The molecular weight excluding hydrogens is 1340 g/mol. The molecule has 4 unspecified atom stereocenters. The van der Waals surface area contributed by atoms with Crippen LogP contribution in [-0.2, 0) is 21.7 Å². The highest BCUT2D eigenvalue weighted by molar-refractivity contribution is 6.04. The zero-order valence-corrected chi connectivity index (χ0v) is 59.4. The Kier molecular flexibility index (Phi) is 12.6. The van der Waals surface area contributed by atoms with E-state index in [0.29, 0.717) is 23.6 Å². The van der Waals surface area contributed by atoms with Gasteiger partial charge in [-0.05, 0) is 240 Å². The largest absolute Gasteiger partial charge is 0.416 e. The molecule has 0 aliphatic heterocycles. The Balaban J connectivity index is 0.728. The number of benzene rings is 16. The maximum atomic E-state index is 6.43. The quantitative estimate of drug-likeness (QED) is 0.143. The van der Waals surface area contributed by atoms with Crippen molar-refractivity contribution < 1.29 is 8.83 Å². The molecular formula is C104H62N4O2. The third kappa shape index (κ3) is 7.85. The fourth-order valence-electron chi connectivity index (χ4n) is 21.1. The predicted molar refractivity (Wildman–Crippen MR) is 437 cm³/mol. The third-order valence-electron chi connectivity index (χ3n) is 25.2. The summed E-state index contributed by atoms with van der Waals surface area (Å²) in [6.45, 7) is 0. The summed E-state index contributed by atoms with van der Waals surface area (Å²) in [5.74, 6) is 1.94. The van der Waals surface area contributed by atoms with Gasteiger partial charge in [0.1, 0.15) is 0 Å². The van der Waals surface area contributed by atoms with Crippen molar-refractivity contribution in [3.05, 3.63) is 465 Å². The van der Waals surface area contributed by atoms with Gasteiger partial charge in [0.05, 0.1) is 21.7 Å². The maximum absolute atomic E-state index is 6.43. The molecule has 0 saturated heterocycles. The zero-order chi connectivity index (χ0) is 72.0. The Morgan fingerprint density at radius 3 is 1.00 bits per heavy atom. The SMILES string of the molecule is c1ccc(-c2nnc(-c3ccc(-c4ccc5c(c4)-c4ccccc4C54c5ccccc5C5(c6ccccc6)c6cc(-c7cc(-c8ccc(-c9nnc(-c%10ccccc%10)o9)cc8)cc8c7-c7ccccc7C87c8ccccc8C8(c9ccccc9)c9ccccc9-c9cccc7c98)ccc6-c6cccc4c65)cc3)o2)cc1. The molecule has 6 nitrogen and oxygen atoms in total. The molecule has 24 rings (SSSR count). The van der Waals surface area contributed by atoms with Crippen molar-refractivity contribution in [1.82, 2.24) is 20.4 Å². The molecule has 2 spiro atoms. The van der Waals surface area contributed by atoms with E-state index in [4.69, 9.17) is 8.83 Å². The first kappa shape index (κ1) is 61.0. The van der Waals surface area contributed by atoms with E-state index in [2.05, 4.69) is 336 Å². The molecule has 510 valence electrons. The molecule has 0 amide bonds. The lowest BCUT2D eigenvalue weighted by molar-refractivity contribution is 0.584. The van der Waals surface area contributed by atoms with Crippen LogP contribution < -0.4 is 0 Å². The summed E-state index contributed by atoms with van der Waals surface area (Å²) >= 11 is 0. The summed E-state index contributed by atoms with van der Waals surface area (Å²) in [6, 6.07) is 141. The second-order valence-electron chi connectivity index (χ2n) is 30.1. The maximum Gasteiger partial charge on any atom is 0.248 e. The van der Waals surface area contributed by atoms with Gasteiger partial charge in [0.2, 0.25) is 23.6 Å². The minimum absolute atomic E-state index is 0.471. The Labute approximate surface area is 635 Å². The fraction of sp³-hybridized carbons (Fsp3) is 0.0385. The van der Waals surface area contributed by atoms with Gasteiger partial charge < -0.3 is 8.83 Å². The zero-order valence-electron chi connectivity index (χ0n) is 59.4. The standard InChI is InChI=1S/C104H62N4O2/c1-5-25-65(26-6-1)97-105-107-99(109-97)67-51-47-63(48-52-67)69-56-58-85-81(59-69)75-34-14-17-39-83(75)103(85)88-43-21-20-42-87(88)102(73-31-11-4-12-32-73)92-61-70(55-57-76(92)78-37-24-45-90(103)96(78)102)80-60-71(64-49-53-68(54-50-64)100-108-106-98(110-100)66-27-7-2-8-28-66)62-93-94(80)79-35-15-18-40-84(79)104(93)89-44-22-19-41-86(89)101(72-29-9-3-10-30-72)82-38-16-13-33-74(82)77-36-23-46-91(104)95(77)101/h1-62H. The molecule has 110 heavy (non-hydrogen) atoms. The molecule has 4 atom stereocenters. The molecule has 2 heterocycles. The lowest BCUT2D eigenvalue weighted by atomic mass is 9.52. The van der Waals surface area contributed by atoms with Crippen LogP contribution in [0.25, 0.3) is 124 Å². The number of rotatable bonds is 9. The molecule has 0 radical (unpaired) electrons. The second kappa shape index (κ2) is 22.7. The van der Waals surface area contributed by atoms with Crippen LogP contribution in [0.4, 0.5) is 0 Å². The first-order chi connectivity index (χ1) is 54.5. The Bertz CT molecular complexity index is 6900. The van der Waals surface area contributed by atoms with Gasteiger partial charge in [0.15, 0.2) is 0 Å². The van der Waals surface area contributed by atoms with E-state index in [1.807, 2.05) is 60.7 Å². The molecule has 0 saturated carbocycles. The van der Waals surface area contributed by atoms with Gasteiger partial charge in [-0.1, -0.05) is 303 Å². The minimum atomic E-state index is -0.775. The second-order valence-corrected chi connectivity index (χ2v) is 30.1. The summed E-state index contributed by atoms with van der Waals surface area (Å²) in [7, 11) is 0. The fourth-order valence-corrected chi connectivity index (χ4v) is 21.1. The van der Waals surface area contributed by atoms with E-state index < -0.39 is 21.7 Å². The van der Waals surface area contributed by atoms with Crippen molar-refractivity contribution in [2.75, 3.05) is 0 Å². The Hall–Kier alpha value is -14.2. The van der Waals surface area contributed by atoms with Crippen molar-refractivity contribution in [3.8, 4) is 124 Å². The van der Waals surface area contributed by atoms with E-state index in [0.717, 1.165) is 50.1 Å². The van der Waals surface area contributed by atoms with E-state index in [1.165, 1.54) is 139 Å². The van der Waals surface area contributed by atoms with Gasteiger partial charge in [0.25, 0.3) is 0 Å². The van der Waals surface area contributed by atoms with Crippen LogP contribution in [0.5, 0.6) is 0 Å². The molecule has 18 aromatic rings. The van der Waals surface area contributed by atoms with Gasteiger partial charge >= 0.3 is 0 Å². The number of aromatic nitrogens is 4. The molecule has 0 N–H and O–H groups in total. The normalized spacial score (nSPS) is 18.1. The van der Waals surface area contributed by atoms with E-state index >= 15 is 0 Å². The summed E-state index contributed by atoms with van der Waals surface area (Å²) in [5, 5.41) is 18.0. The minimum Gasteiger partial charge on any atom is -0.416 e. The number of hydrogen-bond donors (Lipinski definition) is 0. The van der Waals surface area contributed by atoms with Gasteiger partial charge in [-0.15, -0.1) is 20.4 Å². The number of fused-ring (bicyclic) bond motifs is 24. The molecule has 0 fully saturated rings. The molecule has 6 aliphatic carbocycles. The van der Waals surface area contributed by atoms with Crippen LogP contribution >= 0.6 is 0 Å². The van der Waals surface area contributed by atoms with Crippen molar-refractivity contribution in [1.29, 1.82) is 0 Å². The smallest absolute Gasteiger partial charge is 0.248 e. The third-order valence-corrected chi connectivity index (χ3v) is 25.2. The van der Waals surface area contributed by atoms with Gasteiger partial charge in [-0.2, -0.15) is 0 Å². The van der Waals surface area contributed by atoms with Gasteiger partial charge in [-0.3, -0.25) is 0 Å². The van der Waals surface area contributed by atoms with Gasteiger partial charge in [-0.25, -0.2) is 0 Å². The van der Waals surface area contributed by atoms with Crippen LogP contribution in [0.1, 0.15) is 89.0 Å². The lowest BCUT2D eigenvalue weighted by Crippen LogP contribution is -2.43. The van der Waals surface area contributed by atoms with Crippen LogP contribution in [-0.4, -0.2) is 20.4 Å². The topological polar surface area (TPSA) is 77.8 Å². The predicted octanol–water partition coefficient (Wildman–Crippen LogP) is 24.2. The summed E-state index contributed by atoms with van der Waals surface area (Å²) in [4.78, 5) is 0. The summed E-state index contributed by atoms with van der Waals surface area (Å²) in [6.07, 6.45) is 0. The summed E-state index contributed by atoms with van der Waals surface area (Å²) < 4.78 is 12.7. The average Bonchev–Trinajstić information content (AvgIpc) is 1.46. The molecule has 6 aliphatic rings. The van der Waals surface area contributed by atoms with E-state index in [9.17, 15) is 0 Å². The van der Waals surface area contributed by atoms with Crippen molar-refractivity contribution in [2.45, 2.75) is 21.7 Å². The van der Waals surface area contributed by atoms with Crippen LogP contribution in [0.15, 0.2) is 385 Å². The lowest BCUT2D eigenvalue weighted by Gasteiger charge is -2.48. The molecule has 2 aromatic heterocycles. The first-order valence-electron chi connectivity index (χ1n) is 37.9. The van der Waals surface area contributed by atoms with Crippen LogP contribution in [0.2, 0.25) is 0 Å². The first-order valence-corrected chi connectivity index (χ1v) is 37.9. The van der Waals surface area contributed by atoms with E-state index in [-0.39, 0.29) is 0 Å². The number of hydrogen-bond acceptors (Lipinski definition) is 6. The van der Waals surface area contributed by atoms with Gasteiger partial charge in [0, 0.05) is 22.3 Å². The Morgan fingerprint density at radius 2 is 0.482 bits per heavy atom. The monoisotopic (exact) mass is 1400 g/mol. The van der Waals surface area contributed by atoms with Crippen LogP contribution in [0, 0.1) is 0 Å². The highest BCUT2D eigenvalue weighted by atomic mass is 16.4. The van der Waals surface area contributed by atoms with Crippen molar-refractivity contribution in [3.63, 3.8) is 0 Å². The average molecular weight is 1400 g/mol. The highest BCUT2D eigenvalue weighted by Crippen LogP contribution is 2.72. The van der Waals surface area contributed by atoms with Crippen molar-refractivity contribution >= 4 is 0 Å². The molecule has 16 aromatic carbocycles. The molecule has 0 bridgehead atoms. The molecule has 6 heteroatoms. The summed E-state index contributed by atoms with van der Waals surface area (Å²) in [5.41, 5.74) is 38.0. The number of nitrogens with zero attached hydrogens (tertiary/aromatic N) is 4. The van der Waals surface area contributed by atoms with Crippen molar-refractivity contribution in [2.24, 2.45) is 0 Å².